The Morgan fingerprint density at radius 3 is 2.57 bits per heavy atom. The van der Waals surface area contributed by atoms with Crippen LogP contribution in [0.1, 0.15) is 43.7 Å². The molecule has 0 fully saturated rings. The number of aromatic nitrogens is 1. The van der Waals surface area contributed by atoms with E-state index in [-0.39, 0.29) is 11.3 Å². The number of likely N-dealkylation sites (N-methyl/N-ethyl adjacent to an activating group) is 1. The average molecular weight is 293 g/mol. The zero-order valence-electron chi connectivity index (χ0n) is 13.7. The lowest BCUT2D eigenvalue weighted by Gasteiger charge is -2.20. The highest BCUT2D eigenvalue weighted by molar-refractivity contribution is 5.95. The Bertz CT molecular complexity index is 481. The number of nitrogens with one attached hydrogen (secondary N) is 2. The minimum absolute atomic E-state index is 0.107. The van der Waals surface area contributed by atoms with Gasteiger partial charge in [0.05, 0.1) is 0 Å². The van der Waals surface area contributed by atoms with Crippen molar-refractivity contribution in [3.8, 4) is 0 Å². The third-order valence-corrected chi connectivity index (χ3v) is 3.32. The normalized spacial score (nSPS) is 11.6. The number of pyridine rings is 1. The predicted octanol–water partition coefficient (Wildman–Crippen LogP) is 1.35. The van der Waals surface area contributed by atoms with Crippen LogP contribution < -0.4 is 16.6 Å². The van der Waals surface area contributed by atoms with Crippen LogP contribution in [-0.2, 0) is 5.41 Å². The number of nitrogen functional groups attached to an aromatic ring is 1. The van der Waals surface area contributed by atoms with Gasteiger partial charge in [0, 0.05) is 29.8 Å². The Labute approximate surface area is 127 Å². The largest absolute Gasteiger partial charge is 0.351 e. The molecule has 0 bridgehead atoms. The summed E-state index contributed by atoms with van der Waals surface area (Å²) in [6, 6.07) is 3.48. The summed E-state index contributed by atoms with van der Waals surface area (Å²) in [7, 11) is 2.02. The Morgan fingerprint density at radius 1 is 1.38 bits per heavy atom. The Morgan fingerprint density at radius 2 is 2.05 bits per heavy atom. The van der Waals surface area contributed by atoms with Gasteiger partial charge in [-0.05, 0) is 25.7 Å². The smallest absolute Gasteiger partial charge is 0.251 e. The molecule has 1 amide bonds. The molecule has 0 aliphatic carbocycles. The summed E-state index contributed by atoms with van der Waals surface area (Å²) in [6.45, 7) is 10.6. The van der Waals surface area contributed by atoms with E-state index >= 15 is 0 Å². The molecule has 0 radical (unpaired) electrons. The highest BCUT2D eigenvalue weighted by atomic mass is 16.1. The Hall–Kier alpha value is -1.66. The van der Waals surface area contributed by atoms with Gasteiger partial charge in [0.2, 0.25) is 0 Å². The van der Waals surface area contributed by atoms with Gasteiger partial charge >= 0.3 is 0 Å². The molecule has 0 saturated carbocycles. The molecule has 0 saturated heterocycles. The molecule has 0 aliphatic rings. The molecular formula is C15H27N5O. The van der Waals surface area contributed by atoms with Crippen molar-refractivity contribution in [1.82, 2.24) is 15.2 Å². The quantitative estimate of drug-likeness (QED) is 0.544. The number of nitrogens with zero attached hydrogens (tertiary/aromatic N) is 2. The van der Waals surface area contributed by atoms with Gasteiger partial charge in [0.1, 0.15) is 5.82 Å². The van der Waals surface area contributed by atoms with Gasteiger partial charge < -0.3 is 15.6 Å². The van der Waals surface area contributed by atoms with Crippen molar-refractivity contribution in [3.63, 3.8) is 0 Å². The van der Waals surface area contributed by atoms with Crippen molar-refractivity contribution >= 4 is 11.7 Å². The lowest BCUT2D eigenvalue weighted by atomic mass is 9.90. The van der Waals surface area contributed by atoms with E-state index in [1.165, 1.54) is 0 Å². The number of nitrogens with two attached hydrogens (primary N) is 1. The van der Waals surface area contributed by atoms with E-state index in [1.807, 2.05) is 33.9 Å². The molecule has 4 N–H and O–H groups in total. The molecule has 0 aromatic carbocycles. The zero-order chi connectivity index (χ0) is 16.0. The fourth-order valence-electron chi connectivity index (χ4n) is 1.74. The third kappa shape index (κ3) is 5.32. The first-order chi connectivity index (χ1) is 9.77. The van der Waals surface area contributed by atoms with Crippen LogP contribution >= 0.6 is 0 Å². The van der Waals surface area contributed by atoms with Crippen molar-refractivity contribution in [1.29, 1.82) is 0 Å². The summed E-state index contributed by atoms with van der Waals surface area (Å²) in [5.74, 6) is 5.83. The molecular weight excluding hydrogens is 266 g/mol. The summed E-state index contributed by atoms with van der Waals surface area (Å²) in [5.41, 5.74) is 3.77. The van der Waals surface area contributed by atoms with Gasteiger partial charge in [-0.1, -0.05) is 27.7 Å². The number of carbonyl (C=O) groups is 1. The van der Waals surface area contributed by atoms with Crippen molar-refractivity contribution in [2.24, 2.45) is 5.84 Å². The van der Waals surface area contributed by atoms with Crippen LogP contribution in [0, 0.1) is 0 Å². The van der Waals surface area contributed by atoms with E-state index in [0.29, 0.717) is 17.9 Å². The van der Waals surface area contributed by atoms with E-state index in [1.54, 1.807) is 6.07 Å². The van der Waals surface area contributed by atoms with Gasteiger partial charge in [0.25, 0.3) is 5.91 Å². The minimum atomic E-state index is -0.148. The molecule has 1 rings (SSSR count). The highest BCUT2D eigenvalue weighted by Gasteiger charge is 2.19. The second kappa shape index (κ2) is 7.38. The van der Waals surface area contributed by atoms with Crippen LogP contribution in [0.2, 0.25) is 0 Å². The predicted molar refractivity (Wildman–Crippen MR) is 86.3 cm³/mol. The third-order valence-electron chi connectivity index (χ3n) is 3.32. The summed E-state index contributed by atoms with van der Waals surface area (Å²) < 4.78 is 0. The Kier molecular flexibility index (Phi) is 6.11. The lowest BCUT2D eigenvalue weighted by molar-refractivity contribution is 0.0950. The summed E-state index contributed by atoms with van der Waals surface area (Å²) in [4.78, 5) is 18.8. The van der Waals surface area contributed by atoms with Gasteiger partial charge in [-0.15, -0.1) is 0 Å². The highest BCUT2D eigenvalue weighted by Crippen LogP contribution is 2.23. The SMILES string of the molecule is CCN(C)CCNC(=O)c1cc(NN)nc(C(C)(C)C)c1. The molecule has 6 heteroatoms. The minimum Gasteiger partial charge on any atom is -0.351 e. The van der Waals surface area contributed by atoms with Crippen LogP contribution in [-0.4, -0.2) is 42.5 Å². The van der Waals surface area contributed by atoms with Crippen molar-refractivity contribution < 1.29 is 4.79 Å². The van der Waals surface area contributed by atoms with Gasteiger partial charge in [-0.2, -0.15) is 0 Å². The second-order valence-corrected chi connectivity index (χ2v) is 6.17. The Balaban J connectivity index is 2.84. The number of anilines is 1. The molecule has 118 valence electrons. The van der Waals surface area contributed by atoms with Crippen LogP contribution in [0.15, 0.2) is 12.1 Å². The molecule has 1 heterocycles. The average Bonchev–Trinajstić information content (AvgIpc) is 2.45. The van der Waals surface area contributed by atoms with E-state index in [2.05, 4.69) is 27.6 Å². The van der Waals surface area contributed by atoms with Crippen molar-refractivity contribution in [2.75, 3.05) is 32.1 Å². The molecule has 6 nitrogen and oxygen atoms in total. The van der Waals surface area contributed by atoms with E-state index in [9.17, 15) is 4.79 Å². The van der Waals surface area contributed by atoms with Crippen LogP contribution in [0.25, 0.3) is 0 Å². The first-order valence-corrected chi connectivity index (χ1v) is 7.24. The molecule has 0 spiro atoms. The number of hydrogen-bond acceptors (Lipinski definition) is 5. The van der Waals surface area contributed by atoms with Crippen LogP contribution in [0.4, 0.5) is 5.82 Å². The van der Waals surface area contributed by atoms with Crippen molar-refractivity contribution in [2.45, 2.75) is 33.1 Å². The summed E-state index contributed by atoms with van der Waals surface area (Å²) >= 11 is 0. The molecule has 1 aromatic heterocycles. The monoisotopic (exact) mass is 293 g/mol. The number of hydrazine groups is 1. The van der Waals surface area contributed by atoms with E-state index in [0.717, 1.165) is 18.8 Å². The maximum atomic E-state index is 12.2. The first kappa shape index (κ1) is 17.4. The van der Waals surface area contributed by atoms with Gasteiger partial charge in [-0.3, -0.25) is 4.79 Å². The number of rotatable bonds is 6. The lowest BCUT2D eigenvalue weighted by Crippen LogP contribution is -2.33. The topological polar surface area (TPSA) is 83.3 Å². The number of amides is 1. The van der Waals surface area contributed by atoms with Crippen LogP contribution in [0.5, 0.6) is 0 Å². The van der Waals surface area contributed by atoms with Gasteiger partial charge in [0.15, 0.2) is 0 Å². The first-order valence-electron chi connectivity index (χ1n) is 7.24. The summed E-state index contributed by atoms with van der Waals surface area (Å²) in [5, 5.41) is 2.92. The number of carbonyl (C=O) groups excluding carboxylic acids is 1. The second-order valence-electron chi connectivity index (χ2n) is 6.17. The molecule has 21 heavy (non-hydrogen) atoms. The molecule has 0 aliphatic heterocycles. The maximum absolute atomic E-state index is 12.2. The molecule has 0 atom stereocenters. The molecule has 0 unspecified atom stereocenters. The van der Waals surface area contributed by atoms with Gasteiger partial charge in [-0.25, -0.2) is 10.8 Å². The molecule has 1 aromatic rings. The fourth-order valence-corrected chi connectivity index (χ4v) is 1.74. The maximum Gasteiger partial charge on any atom is 0.251 e. The zero-order valence-corrected chi connectivity index (χ0v) is 13.7. The van der Waals surface area contributed by atoms with Crippen molar-refractivity contribution in [3.05, 3.63) is 23.4 Å². The van der Waals surface area contributed by atoms with E-state index in [4.69, 9.17) is 5.84 Å². The van der Waals surface area contributed by atoms with Crippen LogP contribution in [0.3, 0.4) is 0 Å². The summed E-state index contributed by atoms with van der Waals surface area (Å²) in [6.07, 6.45) is 0. The van der Waals surface area contributed by atoms with E-state index < -0.39 is 0 Å². The standard InChI is InChI=1S/C15H27N5O/c1-6-20(5)8-7-17-14(21)11-9-12(15(2,3)4)18-13(10-11)19-16/h9-10H,6-8,16H2,1-5H3,(H,17,21)(H,18,19). The fraction of sp³-hybridized carbons (Fsp3) is 0.600. The number of hydrogen-bond donors (Lipinski definition) is 3.